The number of carbonyl (C=O) groups excluding carboxylic acids is 1. The Bertz CT molecular complexity index is 868. The lowest BCUT2D eigenvalue weighted by atomic mass is 10.2. The third-order valence-electron chi connectivity index (χ3n) is 3.26. The van der Waals surface area contributed by atoms with Crippen LogP contribution in [-0.4, -0.2) is 10.9 Å². The van der Waals surface area contributed by atoms with Crippen LogP contribution in [0, 0.1) is 5.82 Å². The fourth-order valence-corrected chi connectivity index (χ4v) is 2.47. The average Bonchev–Trinajstić information content (AvgIpc) is 2.59. The van der Waals surface area contributed by atoms with E-state index in [0.29, 0.717) is 16.9 Å². The Morgan fingerprint density at radius 1 is 1.00 bits per heavy atom. The lowest BCUT2D eigenvalue weighted by molar-refractivity contribution is 0.102. The number of rotatable bonds is 4. The maximum Gasteiger partial charge on any atom is 0.257 e. The van der Waals surface area contributed by atoms with Gasteiger partial charge in [-0.15, -0.1) is 0 Å². The lowest BCUT2D eigenvalue weighted by Crippen LogP contribution is -2.12. The summed E-state index contributed by atoms with van der Waals surface area (Å²) in [5.41, 5.74) is 2.48. The minimum absolute atomic E-state index is 0.315. The summed E-state index contributed by atoms with van der Waals surface area (Å²) in [5, 5.41) is 5.91. The Hall–Kier alpha value is -2.73. The van der Waals surface area contributed by atoms with E-state index in [-0.39, 0.29) is 11.7 Å². The molecular weight excluding hydrogens is 373 g/mol. The molecule has 0 atom stereocenters. The normalized spacial score (nSPS) is 10.2. The molecule has 0 unspecified atom stereocenters. The van der Waals surface area contributed by atoms with Crippen LogP contribution in [0.1, 0.15) is 10.4 Å². The van der Waals surface area contributed by atoms with Crippen molar-refractivity contribution in [2.75, 3.05) is 10.6 Å². The Labute approximate surface area is 146 Å². The van der Waals surface area contributed by atoms with Gasteiger partial charge < -0.3 is 10.6 Å². The second-order valence-electron chi connectivity index (χ2n) is 5.03. The standard InChI is InChI=1S/C18H13BrFN3O/c19-16-3-1-2-4-17(16)22-15-9-12(10-21-11-15)18(24)23-14-7-5-13(20)6-8-14/h1-11,22H,(H,23,24). The van der Waals surface area contributed by atoms with Gasteiger partial charge in [-0.25, -0.2) is 4.39 Å². The van der Waals surface area contributed by atoms with Crippen LogP contribution in [0.5, 0.6) is 0 Å². The smallest absolute Gasteiger partial charge is 0.257 e. The monoisotopic (exact) mass is 385 g/mol. The summed E-state index contributed by atoms with van der Waals surface area (Å²) >= 11 is 3.46. The number of pyridine rings is 1. The third kappa shape index (κ3) is 3.97. The minimum atomic E-state index is -0.352. The molecule has 120 valence electrons. The molecule has 0 saturated carbocycles. The number of anilines is 3. The molecule has 0 aliphatic heterocycles. The van der Waals surface area contributed by atoms with E-state index < -0.39 is 0 Å². The molecule has 6 heteroatoms. The summed E-state index contributed by atoms with van der Waals surface area (Å²) < 4.78 is 13.8. The highest BCUT2D eigenvalue weighted by Crippen LogP contribution is 2.25. The van der Waals surface area contributed by atoms with E-state index in [2.05, 4.69) is 31.5 Å². The van der Waals surface area contributed by atoms with Crippen LogP contribution in [0.3, 0.4) is 0 Å². The molecule has 0 bridgehead atoms. The molecule has 3 rings (SSSR count). The summed E-state index contributed by atoms with van der Waals surface area (Å²) in [7, 11) is 0. The molecule has 0 spiro atoms. The summed E-state index contributed by atoms with van der Waals surface area (Å²) in [6, 6.07) is 14.9. The van der Waals surface area contributed by atoms with Gasteiger partial charge in [0, 0.05) is 16.4 Å². The maximum absolute atomic E-state index is 12.9. The molecule has 3 aromatic rings. The highest BCUT2D eigenvalue weighted by molar-refractivity contribution is 9.10. The molecule has 2 aromatic carbocycles. The first-order valence-electron chi connectivity index (χ1n) is 7.15. The number of nitrogens with one attached hydrogen (secondary N) is 2. The largest absolute Gasteiger partial charge is 0.353 e. The highest BCUT2D eigenvalue weighted by atomic mass is 79.9. The number of halogens is 2. The van der Waals surface area contributed by atoms with Gasteiger partial charge in [0.25, 0.3) is 5.91 Å². The Kier molecular flexibility index (Phi) is 4.86. The molecule has 0 radical (unpaired) electrons. The third-order valence-corrected chi connectivity index (χ3v) is 3.95. The molecule has 2 N–H and O–H groups in total. The Morgan fingerprint density at radius 2 is 1.75 bits per heavy atom. The predicted molar refractivity (Wildman–Crippen MR) is 96.0 cm³/mol. The molecule has 1 aromatic heterocycles. The summed E-state index contributed by atoms with van der Waals surface area (Å²) in [4.78, 5) is 16.4. The van der Waals surface area contributed by atoms with Crippen molar-refractivity contribution in [3.63, 3.8) is 0 Å². The topological polar surface area (TPSA) is 54.0 Å². The van der Waals surface area contributed by atoms with E-state index in [0.717, 1.165) is 10.2 Å². The zero-order valence-corrected chi connectivity index (χ0v) is 14.0. The second kappa shape index (κ2) is 7.23. The zero-order valence-electron chi connectivity index (χ0n) is 12.5. The first-order chi connectivity index (χ1) is 11.6. The number of hydrogen-bond acceptors (Lipinski definition) is 3. The number of nitrogens with zero attached hydrogens (tertiary/aromatic N) is 1. The second-order valence-corrected chi connectivity index (χ2v) is 5.88. The van der Waals surface area contributed by atoms with E-state index in [1.807, 2.05) is 24.3 Å². The molecule has 0 aliphatic rings. The zero-order chi connectivity index (χ0) is 16.9. The van der Waals surface area contributed by atoms with Crippen molar-refractivity contribution in [2.45, 2.75) is 0 Å². The van der Waals surface area contributed by atoms with E-state index >= 15 is 0 Å². The van der Waals surface area contributed by atoms with Crippen molar-refractivity contribution < 1.29 is 9.18 Å². The quantitative estimate of drug-likeness (QED) is 0.665. The maximum atomic E-state index is 12.9. The number of carbonyl (C=O) groups is 1. The van der Waals surface area contributed by atoms with Crippen molar-refractivity contribution >= 4 is 38.9 Å². The lowest BCUT2D eigenvalue weighted by Gasteiger charge is -2.10. The first kappa shape index (κ1) is 16.1. The van der Waals surface area contributed by atoms with Crippen molar-refractivity contribution in [3.05, 3.63) is 82.8 Å². The van der Waals surface area contributed by atoms with Gasteiger partial charge in [-0.2, -0.15) is 0 Å². The van der Waals surface area contributed by atoms with Crippen molar-refractivity contribution in [3.8, 4) is 0 Å². The van der Waals surface area contributed by atoms with Crippen LogP contribution in [0.15, 0.2) is 71.5 Å². The van der Waals surface area contributed by atoms with Crippen LogP contribution >= 0.6 is 15.9 Å². The molecule has 0 saturated heterocycles. The molecule has 1 heterocycles. The molecule has 24 heavy (non-hydrogen) atoms. The van der Waals surface area contributed by atoms with Gasteiger partial charge in [0.05, 0.1) is 23.1 Å². The molecular formula is C18H13BrFN3O. The van der Waals surface area contributed by atoms with Crippen LogP contribution in [0.2, 0.25) is 0 Å². The number of aromatic nitrogens is 1. The van der Waals surface area contributed by atoms with E-state index in [4.69, 9.17) is 0 Å². The van der Waals surface area contributed by atoms with E-state index in [1.54, 1.807) is 12.3 Å². The van der Waals surface area contributed by atoms with Crippen LogP contribution in [-0.2, 0) is 0 Å². The van der Waals surface area contributed by atoms with Crippen LogP contribution < -0.4 is 10.6 Å². The molecule has 0 fully saturated rings. The van der Waals surface area contributed by atoms with Gasteiger partial charge in [-0.05, 0) is 58.4 Å². The molecule has 4 nitrogen and oxygen atoms in total. The van der Waals surface area contributed by atoms with Gasteiger partial charge >= 0.3 is 0 Å². The molecule has 0 aliphatic carbocycles. The summed E-state index contributed by atoms with van der Waals surface area (Å²) in [6.45, 7) is 0. The number of hydrogen-bond donors (Lipinski definition) is 2. The minimum Gasteiger partial charge on any atom is -0.353 e. The van der Waals surface area contributed by atoms with E-state index in [9.17, 15) is 9.18 Å². The van der Waals surface area contributed by atoms with Crippen molar-refractivity contribution in [2.24, 2.45) is 0 Å². The van der Waals surface area contributed by atoms with Gasteiger partial charge in [0.15, 0.2) is 0 Å². The van der Waals surface area contributed by atoms with Gasteiger partial charge in [-0.3, -0.25) is 9.78 Å². The van der Waals surface area contributed by atoms with Crippen LogP contribution in [0.4, 0.5) is 21.5 Å². The van der Waals surface area contributed by atoms with Crippen LogP contribution in [0.25, 0.3) is 0 Å². The van der Waals surface area contributed by atoms with Crippen molar-refractivity contribution in [1.29, 1.82) is 0 Å². The Balaban J connectivity index is 1.76. The SMILES string of the molecule is O=C(Nc1ccc(F)cc1)c1cncc(Nc2ccccc2Br)c1. The number of benzene rings is 2. The molecule has 1 amide bonds. The highest BCUT2D eigenvalue weighted by Gasteiger charge is 2.08. The number of amides is 1. The van der Waals surface area contributed by atoms with Gasteiger partial charge in [-0.1, -0.05) is 12.1 Å². The Morgan fingerprint density at radius 3 is 2.50 bits per heavy atom. The van der Waals surface area contributed by atoms with Gasteiger partial charge in [0.2, 0.25) is 0 Å². The van der Waals surface area contributed by atoms with E-state index in [1.165, 1.54) is 30.5 Å². The predicted octanol–water partition coefficient (Wildman–Crippen LogP) is 4.98. The van der Waals surface area contributed by atoms with Gasteiger partial charge in [0.1, 0.15) is 5.82 Å². The summed E-state index contributed by atoms with van der Waals surface area (Å²) in [5.74, 6) is -0.667. The number of para-hydroxylation sites is 1. The first-order valence-corrected chi connectivity index (χ1v) is 7.94. The summed E-state index contributed by atoms with van der Waals surface area (Å²) in [6.07, 6.45) is 3.11. The fraction of sp³-hybridized carbons (Fsp3) is 0. The average molecular weight is 386 g/mol. The fourth-order valence-electron chi connectivity index (χ4n) is 2.09. The van der Waals surface area contributed by atoms with Crippen molar-refractivity contribution in [1.82, 2.24) is 4.98 Å².